The Balaban J connectivity index is 1.50. The summed E-state index contributed by atoms with van der Waals surface area (Å²) in [5.74, 6) is 0.844. The van der Waals surface area contributed by atoms with Gasteiger partial charge in [0.25, 0.3) is 0 Å². The molecule has 2 aromatic heterocycles. The molecule has 4 nitrogen and oxygen atoms in total. The number of pyridine rings is 1. The predicted molar refractivity (Wildman–Crippen MR) is 101 cm³/mol. The molecule has 0 radical (unpaired) electrons. The van der Waals surface area contributed by atoms with Crippen LogP contribution in [0.5, 0.6) is 0 Å². The zero-order valence-corrected chi connectivity index (χ0v) is 14.7. The van der Waals surface area contributed by atoms with E-state index in [1.165, 1.54) is 16.7 Å². The molecule has 1 aliphatic rings. The van der Waals surface area contributed by atoms with Gasteiger partial charge in [0.15, 0.2) is 5.82 Å². The van der Waals surface area contributed by atoms with Crippen molar-refractivity contribution in [1.29, 1.82) is 0 Å². The third-order valence-electron chi connectivity index (χ3n) is 4.74. The second-order valence-corrected chi connectivity index (χ2v) is 6.61. The SMILES string of the molecule is Cc1nc(-c2cc(C3=CCN(Cc4ccccc4)C3)ccn2)[nH]c1C. The normalized spacial score (nSPS) is 14.7. The van der Waals surface area contributed by atoms with Crippen molar-refractivity contribution in [2.24, 2.45) is 0 Å². The fourth-order valence-corrected chi connectivity index (χ4v) is 3.21. The summed E-state index contributed by atoms with van der Waals surface area (Å²) in [7, 11) is 0. The molecule has 0 atom stereocenters. The summed E-state index contributed by atoms with van der Waals surface area (Å²) in [5.41, 5.74) is 6.96. The summed E-state index contributed by atoms with van der Waals surface area (Å²) in [6, 6.07) is 14.9. The van der Waals surface area contributed by atoms with E-state index in [1.807, 2.05) is 20.0 Å². The van der Waals surface area contributed by atoms with Gasteiger partial charge >= 0.3 is 0 Å². The smallest absolute Gasteiger partial charge is 0.156 e. The van der Waals surface area contributed by atoms with Gasteiger partial charge in [0.05, 0.1) is 5.69 Å². The number of rotatable bonds is 4. The van der Waals surface area contributed by atoms with Crippen molar-refractivity contribution in [1.82, 2.24) is 19.9 Å². The number of nitrogens with one attached hydrogen (secondary N) is 1. The number of benzene rings is 1. The molecular weight excluding hydrogens is 308 g/mol. The van der Waals surface area contributed by atoms with E-state index < -0.39 is 0 Å². The summed E-state index contributed by atoms with van der Waals surface area (Å²) in [6.07, 6.45) is 4.19. The van der Waals surface area contributed by atoms with Gasteiger partial charge in [0.2, 0.25) is 0 Å². The lowest BCUT2D eigenvalue weighted by Crippen LogP contribution is -2.20. The Labute approximate surface area is 148 Å². The molecule has 1 aromatic carbocycles. The van der Waals surface area contributed by atoms with Crippen molar-refractivity contribution in [2.75, 3.05) is 13.1 Å². The Kier molecular flexibility index (Phi) is 4.20. The zero-order valence-electron chi connectivity index (χ0n) is 14.7. The molecule has 0 saturated carbocycles. The topological polar surface area (TPSA) is 44.8 Å². The summed E-state index contributed by atoms with van der Waals surface area (Å²) in [4.78, 5) is 14.8. The third-order valence-corrected chi connectivity index (χ3v) is 4.74. The lowest BCUT2D eigenvalue weighted by atomic mass is 10.1. The van der Waals surface area contributed by atoms with E-state index in [0.29, 0.717) is 0 Å². The van der Waals surface area contributed by atoms with E-state index in [4.69, 9.17) is 0 Å². The van der Waals surface area contributed by atoms with Crippen LogP contribution in [0.4, 0.5) is 0 Å². The Morgan fingerprint density at radius 2 is 1.96 bits per heavy atom. The minimum atomic E-state index is 0.844. The highest BCUT2D eigenvalue weighted by molar-refractivity contribution is 5.71. The number of nitrogens with zero attached hydrogens (tertiary/aromatic N) is 3. The van der Waals surface area contributed by atoms with Gasteiger partial charge in [-0.2, -0.15) is 0 Å². The van der Waals surface area contributed by atoms with E-state index in [2.05, 4.69) is 68.4 Å². The van der Waals surface area contributed by atoms with Gasteiger partial charge in [-0.3, -0.25) is 9.88 Å². The van der Waals surface area contributed by atoms with Gasteiger partial charge in [-0.1, -0.05) is 36.4 Å². The van der Waals surface area contributed by atoms with Crippen LogP contribution in [0.1, 0.15) is 22.5 Å². The summed E-state index contributed by atoms with van der Waals surface area (Å²) >= 11 is 0. The molecule has 1 aliphatic heterocycles. The second-order valence-electron chi connectivity index (χ2n) is 6.61. The zero-order chi connectivity index (χ0) is 17.2. The van der Waals surface area contributed by atoms with Crippen molar-refractivity contribution < 1.29 is 0 Å². The van der Waals surface area contributed by atoms with Crippen molar-refractivity contribution >= 4 is 5.57 Å². The molecule has 3 heterocycles. The highest BCUT2D eigenvalue weighted by atomic mass is 15.1. The molecule has 0 bridgehead atoms. The first kappa shape index (κ1) is 15.8. The van der Waals surface area contributed by atoms with Gasteiger partial charge < -0.3 is 4.98 Å². The first-order valence-corrected chi connectivity index (χ1v) is 8.64. The maximum Gasteiger partial charge on any atom is 0.156 e. The van der Waals surface area contributed by atoms with E-state index in [1.54, 1.807) is 0 Å². The van der Waals surface area contributed by atoms with Crippen molar-refractivity contribution in [2.45, 2.75) is 20.4 Å². The van der Waals surface area contributed by atoms with Gasteiger partial charge in [-0.25, -0.2) is 4.98 Å². The van der Waals surface area contributed by atoms with Crippen LogP contribution in [0.2, 0.25) is 0 Å². The molecule has 0 aliphatic carbocycles. The van der Waals surface area contributed by atoms with E-state index in [9.17, 15) is 0 Å². The van der Waals surface area contributed by atoms with Crippen LogP contribution in [0.25, 0.3) is 17.1 Å². The average molecular weight is 330 g/mol. The van der Waals surface area contributed by atoms with Crippen LogP contribution in [0, 0.1) is 13.8 Å². The molecule has 4 rings (SSSR count). The van der Waals surface area contributed by atoms with Crippen LogP contribution >= 0.6 is 0 Å². The maximum absolute atomic E-state index is 4.57. The number of imidazole rings is 1. The molecule has 0 saturated heterocycles. The quantitative estimate of drug-likeness (QED) is 0.787. The van der Waals surface area contributed by atoms with E-state index in [-0.39, 0.29) is 0 Å². The molecule has 0 amide bonds. The van der Waals surface area contributed by atoms with Crippen molar-refractivity contribution in [3.8, 4) is 11.5 Å². The first-order chi connectivity index (χ1) is 12.2. The van der Waals surface area contributed by atoms with Crippen LogP contribution < -0.4 is 0 Å². The van der Waals surface area contributed by atoms with Gasteiger partial charge in [0.1, 0.15) is 5.69 Å². The molecule has 4 heteroatoms. The van der Waals surface area contributed by atoms with E-state index >= 15 is 0 Å². The lowest BCUT2D eigenvalue weighted by molar-refractivity contribution is 0.348. The Bertz CT molecular complexity index is 889. The van der Waals surface area contributed by atoms with E-state index in [0.717, 1.165) is 42.5 Å². The number of hydrogen-bond acceptors (Lipinski definition) is 3. The second kappa shape index (κ2) is 6.65. The maximum atomic E-state index is 4.57. The molecule has 0 fully saturated rings. The van der Waals surface area contributed by atoms with Crippen LogP contribution in [0.15, 0.2) is 54.7 Å². The highest BCUT2D eigenvalue weighted by Crippen LogP contribution is 2.25. The van der Waals surface area contributed by atoms with Crippen molar-refractivity contribution in [3.05, 3.63) is 77.3 Å². The third kappa shape index (κ3) is 3.39. The van der Waals surface area contributed by atoms with Crippen LogP contribution in [-0.4, -0.2) is 32.9 Å². The van der Waals surface area contributed by atoms with Gasteiger partial charge in [0, 0.05) is 31.5 Å². The fraction of sp³-hybridized carbons (Fsp3) is 0.238. The number of aryl methyl sites for hydroxylation is 2. The van der Waals surface area contributed by atoms with Crippen LogP contribution in [0.3, 0.4) is 0 Å². The average Bonchev–Trinajstić information content (AvgIpc) is 3.23. The minimum absolute atomic E-state index is 0.844. The summed E-state index contributed by atoms with van der Waals surface area (Å²) < 4.78 is 0. The monoisotopic (exact) mass is 330 g/mol. The lowest BCUT2D eigenvalue weighted by Gasteiger charge is -2.16. The fourth-order valence-electron chi connectivity index (χ4n) is 3.21. The Morgan fingerprint density at radius 3 is 2.72 bits per heavy atom. The molecule has 3 aromatic rings. The first-order valence-electron chi connectivity index (χ1n) is 8.64. The largest absolute Gasteiger partial charge is 0.341 e. The molecule has 0 unspecified atom stereocenters. The molecule has 1 N–H and O–H groups in total. The number of aromatic nitrogens is 3. The summed E-state index contributed by atoms with van der Waals surface area (Å²) in [5, 5.41) is 0. The standard InChI is InChI=1S/C21H22N4/c1-15-16(2)24-21(23-15)20-12-18(8-10-22-20)19-9-11-25(14-19)13-17-6-4-3-5-7-17/h3-10,12H,11,13-14H2,1-2H3,(H,23,24). The molecular formula is C21H22N4. The van der Waals surface area contributed by atoms with Crippen LogP contribution in [-0.2, 0) is 6.54 Å². The number of aromatic amines is 1. The molecule has 0 spiro atoms. The predicted octanol–water partition coefficient (Wildman–Crippen LogP) is 3.99. The van der Waals surface area contributed by atoms with Gasteiger partial charge in [-0.05, 0) is 42.7 Å². The summed E-state index contributed by atoms with van der Waals surface area (Å²) in [6.45, 7) is 6.99. The van der Waals surface area contributed by atoms with Crippen molar-refractivity contribution in [3.63, 3.8) is 0 Å². The molecule has 25 heavy (non-hydrogen) atoms. The number of H-pyrrole nitrogens is 1. The Hall–Kier alpha value is -2.72. The Morgan fingerprint density at radius 1 is 1.12 bits per heavy atom. The minimum Gasteiger partial charge on any atom is -0.341 e. The highest BCUT2D eigenvalue weighted by Gasteiger charge is 2.17. The molecule has 126 valence electrons. The van der Waals surface area contributed by atoms with Gasteiger partial charge in [-0.15, -0.1) is 0 Å². The number of hydrogen-bond donors (Lipinski definition) is 1.